The lowest BCUT2D eigenvalue weighted by Crippen LogP contribution is -2.17. The molecule has 1 aliphatic rings. The van der Waals surface area contributed by atoms with Gasteiger partial charge in [-0.15, -0.1) is 0 Å². The minimum Gasteiger partial charge on any atom is -0.208 e. The first-order valence-corrected chi connectivity index (χ1v) is 19.6. The summed E-state index contributed by atoms with van der Waals surface area (Å²) in [6, 6.07) is 67.2. The Morgan fingerprint density at radius 3 is 1.72 bits per heavy atom. The van der Waals surface area contributed by atoms with Crippen LogP contribution in [0.4, 0.5) is 0 Å². The molecule has 0 N–H and O–H groups in total. The van der Waals surface area contributed by atoms with Crippen molar-refractivity contribution in [2.45, 2.75) is 19.3 Å². The molecule has 9 aromatic carbocycles. The van der Waals surface area contributed by atoms with Crippen molar-refractivity contribution in [3.8, 4) is 67.5 Å². The van der Waals surface area contributed by atoms with E-state index in [9.17, 15) is 0 Å². The summed E-state index contributed by atoms with van der Waals surface area (Å²) in [7, 11) is 0. The van der Waals surface area contributed by atoms with E-state index in [1.165, 1.54) is 60.1 Å². The first-order valence-electron chi connectivity index (χ1n) is 19.6. The monoisotopic (exact) mass is 727 g/mol. The predicted octanol–water partition coefficient (Wildman–Crippen LogP) is 14.0. The maximum absolute atomic E-state index is 5.33. The zero-order chi connectivity index (χ0) is 38.1. The minimum atomic E-state index is -0.231. The van der Waals surface area contributed by atoms with Crippen molar-refractivity contribution in [1.82, 2.24) is 15.0 Å². The molecule has 57 heavy (non-hydrogen) atoms. The molecular formula is C54H37N3. The standard InChI is InChI=1S/C54H37N3/c1-54(2)48-26-13-12-22-42(48)44-24-14-25-46(50(44)54)53-56-51(55-52(57-53)45-23-11-10-19-39(45)34-15-4-3-5-16-34)37-29-27-36(28-30-37)49-41-21-9-7-18-38(41)33-47-40-20-8-6-17-35(40)31-32-43(47)49/h3-33H,1-2H3. The fourth-order valence-electron chi connectivity index (χ4n) is 9.24. The van der Waals surface area contributed by atoms with Crippen LogP contribution in [0, 0.1) is 0 Å². The molecule has 0 unspecified atom stereocenters. The van der Waals surface area contributed by atoms with E-state index >= 15 is 0 Å². The molecule has 1 heterocycles. The Hall–Kier alpha value is -7.23. The Morgan fingerprint density at radius 2 is 0.912 bits per heavy atom. The molecule has 10 aromatic rings. The summed E-state index contributed by atoms with van der Waals surface area (Å²) in [6.45, 7) is 4.63. The van der Waals surface area contributed by atoms with Crippen molar-refractivity contribution >= 4 is 32.3 Å². The topological polar surface area (TPSA) is 38.7 Å². The highest BCUT2D eigenvalue weighted by Gasteiger charge is 2.38. The Bertz CT molecular complexity index is 3200. The largest absolute Gasteiger partial charge is 0.208 e. The van der Waals surface area contributed by atoms with Crippen LogP contribution in [-0.2, 0) is 5.41 Å². The SMILES string of the molecule is CC1(C)c2ccccc2-c2cccc(-c3nc(-c4ccc(-c5c6ccccc6cc6c5ccc5ccccc56)cc4)nc(-c4ccccc4-c4ccccc4)n3)c21. The summed E-state index contributed by atoms with van der Waals surface area (Å²) >= 11 is 0. The second kappa shape index (κ2) is 12.9. The Balaban J connectivity index is 1.11. The molecule has 268 valence electrons. The predicted molar refractivity (Wildman–Crippen MR) is 237 cm³/mol. The normalized spacial score (nSPS) is 12.9. The zero-order valence-corrected chi connectivity index (χ0v) is 31.7. The van der Waals surface area contributed by atoms with Crippen LogP contribution in [0.1, 0.15) is 25.0 Å². The van der Waals surface area contributed by atoms with Crippen LogP contribution in [0.5, 0.6) is 0 Å². The lowest BCUT2D eigenvalue weighted by Gasteiger charge is -2.24. The van der Waals surface area contributed by atoms with E-state index in [0.717, 1.165) is 33.4 Å². The van der Waals surface area contributed by atoms with E-state index in [1.54, 1.807) is 0 Å². The first-order chi connectivity index (χ1) is 28.0. The van der Waals surface area contributed by atoms with Crippen LogP contribution >= 0.6 is 0 Å². The van der Waals surface area contributed by atoms with Gasteiger partial charge in [-0.1, -0.05) is 196 Å². The fourth-order valence-corrected chi connectivity index (χ4v) is 9.24. The third-order valence-electron chi connectivity index (χ3n) is 11.9. The Morgan fingerprint density at radius 1 is 0.333 bits per heavy atom. The van der Waals surface area contributed by atoms with Crippen molar-refractivity contribution in [2.24, 2.45) is 0 Å². The van der Waals surface area contributed by atoms with E-state index in [2.05, 4.69) is 196 Å². The molecule has 0 fully saturated rings. The third kappa shape index (κ3) is 5.31. The van der Waals surface area contributed by atoms with E-state index in [1.807, 2.05) is 6.07 Å². The summed E-state index contributed by atoms with van der Waals surface area (Å²) < 4.78 is 0. The number of rotatable bonds is 5. The zero-order valence-electron chi connectivity index (χ0n) is 31.7. The average Bonchev–Trinajstić information content (AvgIpc) is 3.51. The molecule has 0 bridgehead atoms. The van der Waals surface area contributed by atoms with Gasteiger partial charge in [-0.2, -0.15) is 0 Å². The minimum absolute atomic E-state index is 0.231. The molecule has 0 aliphatic heterocycles. The quantitative estimate of drug-likeness (QED) is 0.131. The van der Waals surface area contributed by atoms with Gasteiger partial charge >= 0.3 is 0 Å². The van der Waals surface area contributed by atoms with Gasteiger partial charge in [0.2, 0.25) is 0 Å². The highest BCUT2D eigenvalue weighted by molar-refractivity contribution is 6.20. The first kappa shape index (κ1) is 33.1. The van der Waals surface area contributed by atoms with Gasteiger partial charge in [-0.3, -0.25) is 0 Å². The Kier molecular flexibility index (Phi) is 7.52. The van der Waals surface area contributed by atoms with Crippen LogP contribution in [0.15, 0.2) is 188 Å². The third-order valence-corrected chi connectivity index (χ3v) is 11.9. The lowest BCUT2D eigenvalue weighted by atomic mass is 9.80. The summed E-state index contributed by atoms with van der Waals surface area (Å²) in [5.74, 6) is 1.96. The smallest absolute Gasteiger partial charge is 0.164 e. The van der Waals surface area contributed by atoms with Crippen molar-refractivity contribution in [3.05, 3.63) is 199 Å². The van der Waals surface area contributed by atoms with Gasteiger partial charge < -0.3 is 0 Å². The van der Waals surface area contributed by atoms with Crippen molar-refractivity contribution < 1.29 is 0 Å². The summed E-state index contributed by atoms with van der Waals surface area (Å²) in [5, 5.41) is 7.46. The van der Waals surface area contributed by atoms with Gasteiger partial charge in [0.1, 0.15) is 0 Å². The molecule has 1 aromatic heterocycles. The second-order valence-electron chi connectivity index (χ2n) is 15.5. The molecule has 0 radical (unpaired) electrons. The van der Waals surface area contributed by atoms with Crippen LogP contribution in [0.2, 0.25) is 0 Å². The van der Waals surface area contributed by atoms with E-state index < -0.39 is 0 Å². The molecule has 0 saturated heterocycles. The van der Waals surface area contributed by atoms with Crippen LogP contribution in [0.3, 0.4) is 0 Å². The van der Waals surface area contributed by atoms with E-state index in [0.29, 0.717) is 17.5 Å². The Labute approximate surface area is 332 Å². The van der Waals surface area contributed by atoms with Gasteiger partial charge in [-0.25, -0.2) is 15.0 Å². The van der Waals surface area contributed by atoms with Crippen molar-refractivity contribution in [2.75, 3.05) is 0 Å². The van der Waals surface area contributed by atoms with Gasteiger partial charge in [0.25, 0.3) is 0 Å². The molecule has 0 atom stereocenters. The lowest BCUT2D eigenvalue weighted by molar-refractivity contribution is 0.661. The van der Waals surface area contributed by atoms with Gasteiger partial charge in [0, 0.05) is 22.1 Å². The fraction of sp³-hybridized carbons (Fsp3) is 0.0556. The molecule has 3 nitrogen and oxygen atoms in total. The molecule has 3 heteroatoms. The summed E-state index contributed by atoms with van der Waals surface area (Å²) in [6.07, 6.45) is 0. The molecule has 1 aliphatic carbocycles. The summed E-state index contributed by atoms with van der Waals surface area (Å²) in [4.78, 5) is 15.9. The number of nitrogens with zero attached hydrogens (tertiary/aromatic N) is 3. The van der Waals surface area contributed by atoms with Crippen LogP contribution in [-0.4, -0.2) is 15.0 Å². The van der Waals surface area contributed by atoms with Crippen molar-refractivity contribution in [3.63, 3.8) is 0 Å². The maximum atomic E-state index is 5.33. The summed E-state index contributed by atoms with van der Waals surface area (Å²) in [5.41, 5.74) is 12.4. The van der Waals surface area contributed by atoms with E-state index in [-0.39, 0.29) is 5.41 Å². The van der Waals surface area contributed by atoms with Gasteiger partial charge in [-0.05, 0) is 82.9 Å². The molecule has 0 spiro atoms. The molecule has 11 rings (SSSR count). The highest BCUT2D eigenvalue weighted by atomic mass is 15.0. The number of aromatic nitrogens is 3. The number of benzene rings is 9. The molecule has 0 saturated carbocycles. The van der Waals surface area contributed by atoms with Crippen molar-refractivity contribution in [1.29, 1.82) is 0 Å². The number of hydrogen-bond acceptors (Lipinski definition) is 3. The number of fused-ring (bicyclic) bond motifs is 7. The van der Waals surface area contributed by atoms with E-state index in [4.69, 9.17) is 15.0 Å². The van der Waals surface area contributed by atoms with Gasteiger partial charge in [0.15, 0.2) is 17.5 Å². The maximum Gasteiger partial charge on any atom is 0.164 e. The van der Waals surface area contributed by atoms with Crippen LogP contribution < -0.4 is 0 Å². The molecular weight excluding hydrogens is 691 g/mol. The second-order valence-corrected chi connectivity index (χ2v) is 15.5. The highest BCUT2D eigenvalue weighted by Crippen LogP contribution is 2.52. The molecule has 0 amide bonds. The van der Waals surface area contributed by atoms with Gasteiger partial charge in [0.05, 0.1) is 0 Å². The average molecular weight is 728 g/mol. The number of hydrogen-bond donors (Lipinski definition) is 0. The van der Waals surface area contributed by atoms with Crippen LogP contribution in [0.25, 0.3) is 99.9 Å².